The Morgan fingerprint density at radius 1 is 1.22 bits per heavy atom. The first-order valence-corrected chi connectivity index (χ1v) is 8.94. The highest BCUT2D eigenvalue weighted by Gasteiger charge is 2.38. The molecule has 2 aromatic rings. The number of amides is 2. The Bertz CT molecular complexity index is 890. The molecule has 142 valence electrons. The highest BCUT2D eigenvalue weighted by atomic mass is 35.5. The van der Waals surface area contributed by atoms with Crippen molar-refractivity contribution >= 4 is 29.1 Å². The molecule has 0 spiro atoms. The summed E-state index contributed by atoms with van der Waals surface area (Å²) in [7, 11) is 1.59. The van der Waals surface area contributed by atoms with Gasteiger partial charge >= 0.3 is 0 Å². The van der Waals surface area contributed by atoms with E-state index in [-0.39, 0.29) is 24.8 Å². The minimum Gasteiger partial charge on any atom is -0.339 e. The van der Waals surface area contributed by atoms with E-state index in [1.54, 1.807) is 38.2 Å². The van der Waals surface area contributed by atoms with E-state index < -0.39 is 23.6 Å². The van der Waals surface area contributed by atoms with Crippen molar-refractivity contribution in [3.8, 4) is 0 Å². The predicted molar refractivity (Wildman–Crippen MR) is 99.5 cm³/mol. The van der Waals surface area contributed by atoms with Crippen LogP contribution in [-0.2, 0) is 9.59 Å². The fraction of sp³-hybridized carbons (Fsp3) is 0.300. The van der Waals surface area contributed by atoms with Crippen molar-refractivity contribution in [3.05, 3.63) is 64.7 Å². The van der Waals surface area contributed by atoms with Crippen molar-refractivity contribution < 1.29 is 18.4 Å². The van der Waals surface area contributed by atoms with E-state index in [4.69, 9.17) is 11.6 Å². The number of benzene rings is 2. The molecule has 0 aromatic heterocycles. The van der Waals surface area contributed by atoms with Crippen molar-refractivity contribution in [2.24, 2.45) is 5.92 Å². The van der Waals surface area contributed by atoms with Gasteiger partial charge in [-0.3, -0.25) is 9.59 Å². The molecule has 1 fully saturated rings. The quantitative estimate of drug-likeness (QED) is 0.782. The minimum absolute atomic E-state index is 0.0822. The maximum absolute atomic E-state index is 13.5. The lowest BCUT2D eigenvalue weighted by atomic mass is 10.0. The number of para-hydroxylation sites is 1. The monoisotopic (exact) mass is 392 g/mol. The van der Waals surface area contributed by atoms with Crippen molar-refractivity contribution in [1.82, 2.24) is 4.90 Å². The highest BCUT2D eigenvalue weighted by molar-refractivity contribution is 6.33. The lowest BCUT2D eigenvalue weighted by Crippen LogP contribution is -2.36. The van der Waals surface area contributed by atoms with E-state index in [9.17, 15) is 18.4 Å². The third kappa shape index (κ3) is 3.81. The number of hydrogen-bond acceptors (Lipinski definition) is 2. The molecule has 0 radical (unpaired) electrons. The van der Waals surface area contributed by atoms with Gasteiger partial charge in [-0.25, -0.2) is 8.78 Å². The van der Waals surface area contributed by atoms with E-state index in [0.29, 0.717) is 16.3 Å². The Labute approximate surface area is 161 Å². The normalized spacial score (nSPS) is 17.9. The second-order valence-electron chi connectivity index (χ2n) is 6.66. The van der Waals surface area contributed by atoms with E-state index >= 15 is 0 Å². The maximum atomic E-state index is 13.5. The highest BCUT2D eigenvalue weighted by Crippen LogP contribution is 2.32. The zero-order chi connectivity index (χ0) is 19.7. The topological polar surface area (TPSA) is 40.6 Å². The molecule has 2 aromatic carbocycles. The van der Waals surface area contributed by atoms with Gasteiger partial charge in [-0.05, 0) is 36.8 Å². The molecule has 1 aliphatic heterocycles. The fourth-order valence-corrected chi connectivity index (χ4v) is 3.49. The Hall–Kier alpha value is -2.47. The van der Waals surface area contributed by atoms with Crippen LogP contribution < -0.4 is 4.90 Å². The first-order valence-electron chi connectivity index (χ1n) is 8.56. The molecule has 2 unspecified atom stereocenters. The van der Waals surface area contributed by atoms with Crippen molar-refractivity contribution in [2.75, 3.05) is 18.5 Å². The second kappa shape index (κ2) is 7.64. The summed E-state index contributed by atoms with van der Waals surface area (Å²) in [6.07, 6.45) is 0.0822. The summed E-state index contributed by atoms with van der Waals surface area (Å²) in [6, 6.07) is 10.1. The van der Waals surface area contributed by atoms with Gasteiger partial charge in [0.15, 0.2) is 11.6 Å². The molecular weight excluding hydrogens is 374 g/mol. The lowest BCUT2D eigenvalue weighted by molar-refractivity contribution is -0.136. The molecule has 4 nitrogen and oxygen atoms in total. The van der Waals surface area contributed by atoms with Gasteiger partial charge in [0.05, 0.1) is 22.7 Å². The Morgan fingerprint density at radius 2 is 1.93 bits per heavy atom. The molecule has 0 N–H and O–H groups in total. The molecule has 1 saturated heterocycles. The van der Waals surface area contributed by atoms with Gasteiger partial charge in [0.25, 0.3) is 0 Å². The maximum Gasteiger partial charge on any atom is 0.228 e. The van der Waals surface area contributed by atoms with Crippen LogP contribution >= 0.6 is 11.6 Å². The van der Waals surface area contributed by atoms with Crippen LogP contribution in [-0.4, -0.2) is 30.3 Å². The molecule has 7 heteroatoms. The summed E-state index contributed by atoms with van der Waals surface area (Å²) in [5, 5.41) is 0.447. The SMILES string of the molecule is CC(c1ccc(F)c(F)c1)N(C)C(=O)C1CC(=O)N(c2ccccc2Cl)C1. The van der Waals surface area contributed by atoms with E-state index in [2.05, 4.69) is 0 Å². The summed E-state index contributed by atoms with van der Waals surface area (Å²) in [4.78, 5) is 28.2. The molecule has 1 heterocycles. The largest absolute Gasteiger partial charge is 0.339 e. The Balaban J connectivity index is 1.74. The van der Waals surface area contributed by atoms with Crippen molar-refractivity contribution in [1.29, 1.82) is 0 Å². The summed E-state index contributed by atoms with van der Waals surface area (Å²) >= 11 is 6.16. The molecule has 2 atom stereocenters. The van der Waals surface area contributed by atoms with Gasteiger partial charge in [-0.1, -0.05) is 29.8 Å². The number of halogens is 3. The molecule has 2 amide bonds. The number of nitrogens with zero attached hydrogens (tertiary/aromatic N) is 2. The Kier molecular flexibility index (Phi) is 5.46. The molecular formula is C20H19ClF2N2O2. The molecule has 1 aliphatic rings. The zero-order valence-corrected chi connectivity index (χ0v) is 15.7. The first-order chi connectivity index (χ1) is 12.8. The number of carbonyl (C=O) groups excluding carboxylic acids is 2. The van der Waals surface area contributed by atoms with Crippen LogP contribution in [0.5, 0.6) is 0 Å². The summed E-state index contributed by atoms with van der Waals surface area (Å²) < 4.78 is 26.6. The van der Waals surface area contributed by atoms with E-state index in [1.165, 1.54) is 15.9 Å². The zero-order valence-electron chi connectivity index (χ0n) is 15.0. The smallest absolute Gasteiger partial charge is 0.228 e. The van der Waals surface area contributed by atoms with Gasteiger partial charge in [0.1, 0.15) is 0 Å². The molecule has 0 bridgehead atoms. The molecule has 3 rings (SSSR count). The second-order valence-corrected chi connectivity index (χ2v) is 7.06. The molecule has 0 saturated carbocycles. The van der Waals surface area contributed by atoms with Gasteiger partial charge < -0.3 is 9.80 Å². The van der Waals surface area contributed by atoms with Gasteiger partial charge in [-0.2, -0.15) is 0 Å². The van der Waals surface area contributed by atoms with E-state index in [1.807, 2.05) is 0 Å². The minimum atomic E-state index is -0.957. The fourth-order valence-electron chi connectivity index (χ4n) is 3.25. The molecule has 27 heavy (non-hydrogen) atoms. The lowest BCUT2D eigenvalue weighted by Gasteiger charge is -2.28. The third-order valence-corrected chi connectivity index (χ3v) is 5.29. The van der Waals surface area contributed by atoms with Crippen molar-refractivity contribution in [2.45, 2.75) is 19.4 Å². The van der Waals surface area contributed by atoms with Crippen LogP contribution in [0.3, 0.4) is 0 Å². The van der Waals surface area contributed by atoms with Crippen LogP contribution in [0.15, 0.2) is 42.5 Å². The third-order valence-electron chi connectivity index (χ3n) is 4.97. The average molecular weight is 393 g/mol. The van der Waals surface area contributed by atoms with Crippen LogP contribution in [0.2, 0.25) is 5.02 Å². The predicted octanol–water partition coefficient (Wildman–Crippen LogP) is 4.19. The first kappa shape index (κ1) is 19.3. The molecule has 0 aliphatic carbocycles. The summed E-state index contributed by atoms with van der Waals surface area (Å²) in [6.45, 7) is 1.96. The van der Waals surface area contributed by atoms with Crippen LogP contribution in [0.1, 0.15) is 24.9 Å². The van der Waals surface area contributed by atoms with Crippen LogP contribution in [0.25, 0.3) is 0 Å². The number of hydrogen-bond donors (Lipinski definition) is 0. The van der Waals surface area contributed by atoms with Gasteiger partial charge in [0, 0.05) is 20.0 Å². The van der Waals surface area contributed by atoms with E-state index in [0.717, 1.165) is 12.1 Å². The summed E-state index contributed by atoms with van der Waals surface area (Å²) in [5.41, 5.74) is 1.06. The van der Waals surface area contributed by atoms with Crippen LogP contribution in [0.4, 0.5) is 14.5 Å². The average Bonchev–Trinajstić information content (AvgIpc) is 3.04. The van der Waals surface area contributed by atoms with Gasteiger partial charge in [0.2, 0.25) is 11.8 Å². The Morgan fingerprint density at radius 3 is 2.59 bits per heavy atom. The van der Waals surface area contributed by atoms with Crippen molar-refractivity contribution in [3.63, 3.8) is 0 Å². The summed E-state index contributed by atoms with van der Waals surface area (Å²) in [5.74, 6) is -2.81. The number of rotatable bonds is 4. The standard InChI is InChI=1S/C20H19ClF2N2O2/c1-12(13-7-8-16(22)17(23)9-13)24(2)20(27)14-10-19(26)25(11-14)18-6-4-3-5-15(18)21/h3-9,12,14H,10-11H2,1-2H3. The van der Waals surface area contributed by atoms with Gasteiger partial charge in [-0.15, -0.1) is 0 Å². The number of anilines is 1. The number of carbonyl (C=O) groups is 2. The van der Waals surface area contributed by atoms with Crippen LogP contribution in [0, 0.1) is 17.6 Å².